The van der Waals surface area contributed by atoms with Crippen LogP contribution in [0.5, 0.6) is 0 Å². The van der Waals surface area contributed by atoms with E-state index in [1.165, 1.54) is 0 Å². The second-order valence-electron chi connectivity index (χ2n) is 3.91. The average Bonchev–Trinajstić information content (AvgIpc) is 2.71. The van der Waals surface area contributed by atoms with E-state index in [1.807, 2.05) is 24.3 Å². The van der Waals surface area contributed by atoms with Gasteiger partial charge in [0.15, 0.2) is 0 Å². The Morgan fingerprint density at radius 1 is 1.47 bits per heavy atom. The third-order valence-electron chi connectivity index (χ3n) is 2.75. The first kappa shape index (κ1) is 10.9. The van der Waals surface area contributed by atoms with Gasteiger partial charge in [0, 0.05) is 11.6 Å². The van der Waals surface area contributed by atoms with Crippen molar-refractivity contribution >= 4 is 11.6 Å². The Morgan fingerprint density at radius 3 is 2.93 bits per heavy atom. The van der Waals surface area contributed by atoms with Crippen LogP contribution in [0.25, 0.3) is 0 Å². The summed E-state index contributed by atoms with van der Waals surface area (Å²) >= 11 is 6.11. The largest absolute Gasteiger partial charge is 0.369 e. The predicted molar refractivity (Wildman–Crippen MR) is 62.2 cm³/mol. The summed E-state index contributed by atoms with van der Waals surface area (Å²) in [5, 5.41) is 4.07. The summed E-state index contributed by atoms with van der Waals surface area (Å²) in [6.07, 6.45) is 1.49. The fourth-order valence-corrected chi connectivity index (χ4v) is 2.20. The Hall–Kier alpha value is -0.570. The molecule has 1 N–H and O–H groups in total. The Kier molecular flexibility index (Phi) is 3.62. The van der Waals surface area contributed by atoms with E-state index in [2.05, 4.69) is 12.2 Å². The van der Waals surface area contributed by atoms with Gasteiger partial charge >= 0.3 is 0 Å². The maximum Gasteiger partial charge on any atom is 0.0815 e. The fourth-order valence-electron chi connectivity index (χ4n) is 1.91. The predicted octanol–water partition coefficient (Wildman–Crippen LogP) is 2.78. The van der Waals surface area contributed by atoms with Crippen molar-refractivity contribution in [2.45, 2.75) is 25.6 Å². The number of benzene rings is 1. The molecule has 0 aliphatic carbocycles. The van der Waals surface area contributed by atoms with Crippen LogP contribution in [0.1, 0.15) is 25.0 Å². The highest BCUT2D eigenvalue weighted by atomic mass is 35.5. The minimum Gasteiger partial charge on any atom is -0.369 e. The van der Waals surface area contributed by atoms with Crippen molar-refractivity contribution in [2.24, 2.45) is 0 Å². The van der Waals surface area contributed by atoms with Gasteiger partial charge in [-0.25, -0.2) is 0 Å². The smallest absolute Gasteiger partial charge is 0.0815 e. The van der Waals surface area contributed by atoms with Gasteiger partial charge in [-0.15, -0.1) is 0 Å². The maximum atomic E-state index is 6.11. The van der Waals surface area contributed by atoms with Gasteiger partial charge in [-0.2, -0.15) is 0 Å². The van der Waals surface area contributed by atoms with Crippen LogP contribution >= 0.6 is 11.6 Å². The molecule has 0 spiro atoms. The van der Waals surface area contributed by atoms with Crippen LogP contribution in [0.4, 0.5) is 0 Å². The molecule has 0 aromatic heterocycles. The maximum absolute atomic E-state index is 6.11. The Labute approximate surface area is 95.6 Å². The lowest BCUT2D eigenvalue weighted by molar-refractivity contribution is 0.00834. The highest BCUT2D eigenvalue weighted by Crippen LogP contribution is 2.26. The van der Waals surface area contributed by atoms with E-state index in [0.29, 0.717) is 6.10 Å². The van der Waals surface area contributed by atoms with E-state index in [1.54, 1.807) is 0 Å². The first-order valence-electron chi connectivity index (χ1n) is 5.38. The molecule has 2 nitrogen and oxygen atoms in total. The van der Waals surface area contributed by atoms with Crippen molar-refractivity contribution < 1.29 is 4.74 Å². The van der Waals surface area contributed by atoms with Crippen LogP contribution in [-0.2, 0) is 4.74 Å². The highest BCUT2D eigenvalue weighted by Gasteiger charge is 2.19. The Morgan fingerprint density at radius 2 is 2.27 bits per heavy atom. The molecule has 1 saturated heterocycles. The fraction of sp³-hybridized carbons (Fsp3) is 0.500. The monoisotopic (exact) mass is 225 g/mol. The van der Waals surface area contributed by atoms with Gasteiger partial charge in [0.25, 0.3) is 0 Å². The minimum absolute atomic E-state index is 0.0728. The molecule has 2 atom stereocenters. The van der Waals surface area contributed by atoms with Gasteiger partial charge in [-0.05, 0) is 31.5 Å². The molecule has 3 heteroatoms. The van der Waals surface area contributed by atoms with E-state index in [0.717, 1.165) is 30.1 Å². The van der Waals surface area contributed by atoms with Crippen LogP contribution in [0.2, 0.25) is 5.02 Å². The summed E-state index contributed by atoms with van der Waals surface area (Å²) in [4.78, 5) is 0. The summed E-state index contributed by atoms with van der Waals surface area (Å²) < 4.78 is 5.93. The van der Waals surface area contributed by atoms with Crippen LogP contribution in [0, 0.1) is 0 Å². The van der Waals surface area contributed by atoms with Gasteiger partial charge in [0.05, 0.1) is 12.2 Å². The van der Waals surface area contributed by atoms with E-state index < -0.39 is 0 Å². The second kappa shape index (κ2) is 4.97. The summed E-state index contributed by atoms with van der Waals surface area (Å²) in [5.41, 5.74) is 1.08. The van der Waals surface area contributed by atoms with E-state index in [4.69, 9.17) is 16.3 Å². The number of hydrogen-bond donors (Lipinski definition) is 1. The van der Waals surface area contributed by atoms with Crippen molar-refractivity contribution in [1.82, 2.24) is 5.32 Å². The molecule has 1 aliphatic rings. The number of ether oxygens (including phenoxy) is 1. The first-order chi connectivity index (χ1) is 7.27. The van der Waals surface area contributed by atoms with Gasteiger partial charge in [0.1, 0.15) is 0 Å². The molecule has 1 fully saturated rings. The van der Waals surface area contributed by atoms with Crippen molar-refractivity contribution in [3.8, 4) is 0 Å². The molecule has 0 amide bonds. The van der Waals surface area contributed by atoms with Crippen LogP contribution in [0.3, 0.4) is 0 Å². The topological polar surface area (TPSA) is 21.3 Å². The number of hydrogen-bond acceptors (Lipinski definition) is 2. The number of nitrogens with one attached hydrogen (secondary N) is 1. The molecule has 1 aliphatic heterocycles. The zero-order chi connectivity index (χ0) is 10.7. The molecular weight excluding hydrogens is 210 g/mol. The van der Waals surface area contributed by atoms with Crippen LogP contribution < -0.4 is 5.32 Å². The molecular formula is C12H16ClNO. The lowest BCUT2D eigenvalue weighted by Gasteiger charge is -2.19. The van der Waals surface area contributed by atoms with E-state index in [9.17, 15) is 0 Å². The van der Waals surface area contributed by atoms with Gasteiger partial charge in [-0.3, -0.25) is 0 Å². The van der Waals surface area contributed by atoms with Crippen LogP contribution in [0.15, 0.2) is 24.3 Å². The third kappa shape index (κ3) is 2.71. The zero-order valence-electron chi connectivity index (χ0n) is 8.87. The SMILES string of the molecule is C[C@@H](O[C@H]1CCNC1)c1ccccc1Cl. The first-order valence-corrected chi connectivity index (χ1v) is 5.76. The third-order valence-corrected chi connectivity index (χ3v) is 3.10. The van der Waals surface area contributed by atoms with Crippen molar-refractivity contribution in [2.75, 3.05) is 13.1 Å². The molecule has 15 heavy (non-hydrogen) atoms. The lowest BCUT2D eigenvalue weighted by Crippen LogP contribution is -2.18. The summed E-state index contributed by atoms with van der Waals surface area (Å²) in [6, 6.07) is 7.86. The van der Waals surface area contributed by atoms with Gasteiger partial charge in [0.2, 0.25) is 0 Å². The lowest BCUT2D eigenvalue weighted by atomic mass is 10.1. The highest BCUT2D eigenvalue weighted by molar-refractivity contribution is 6.31. The standard InChI is InChI=1S/C12H16ClNO/c1-9(15-10-6-7-14-8-10)11-4-2-3-5-12(11)13/h2-5,9-10,14H,6-8H2,1H3/t9-,10+/m1/s1. The summed E-state index contributed by atoms with van der Waals surface area (Å²) in [6.45, 7) is 4.06. The number of rotatable bonds is 3. The Balaban J connectivity index is 2.00. The molecule has 0 radical (unpaired) electrons. The van der Waals surface area contributed by atoms with Crippen molar-refractivity contribution in [3.63, 3.8) is 0 Å². The molecule has 1 aromatic carbocycles. The van der Waals surface area contributed by atoms with Crippen LogP contribution in [-0.4, -0.2) is 19.2 Å². The second-order valence-corrected chi connectivity index (χ2v) is 4.32. The number of halogens is 1. The molecule has 0 saturated carbocycles. The van der Waals surface area contributed by atoms with Crippen molar-refractivity contribution in [1.29, 1.82) is 0 Å². The average molecular weight is 226 g/mol. The quantitative estimate of drug-likeness (QED) is 0.854. The Bertz CT molecular complexity index is 323. The summed E-state index contributed by atoms with van der Waals surface area (Å²) in [5.74, 6) is 0. The normalized spacial score (nSPS) is 22.9. The molecule has 1 heterocycles. The molecule has 2 rings (SSSR count). The molecule has 82 valence electrons. The van der Waals surface area contributed by atoms with E-state index >= 15 is 0 Å². The van der Waals surface area contributed by atoms with E-state index in [-0.39, 0.29) is 6.10 Å². The van der Waals surface area contributed by atoms with Crippen molar-refractivity contribution in [3.05, 3.63) is 34.9 Å². The van der Waals surface area contributed by atoms with Gasteiger partial charge in [-0.1, -0.05) is 29.8 Å². The molecule has 0 bridgehead atoms. The van der Waals surface area contributed by atoms with Gasteiger partial charge < -0.3 is 10.1 Å². The summed E-state index contributed by atoms with van der Waals surface area (Å²) in [7, 11) is 0. The molecule has 0 unspecified atom stereocenters. The zero-order valence-corrected chi connectivity index (χ0v) is 9.63. The molecule has 1 aromatic rings. The minimum atomic E-state index is 0.0728.